The lowest BCUT2D eigenvalue weighted by Gasteiger charge is -2.37. The fraction of sp³-hybridized carbons (Fsp3) is 0.242. The molecular formula is C33H35NO3. The number of methoxy groups -OCH3 is 1. The van der Waals surface area contributed by atoms with E-state index < -0.39 is 0 Å². The maximum atomic E-state index is 12.9. The monoisotopic (exact) mass is 493 g/mol. The first-order valence-corrected chi connectivity index (χ1v) is 12.8. The molecule has 0 radical (unpaired) electrons. The highest BCUT2D eigenvalue weighted by atomic mass is 16.5. The highest BCUT2D eigenvalue weighted by Crippen LogP contribution is 2.37. The van der Waals surface area contributed by atoms with Crippen LogP contribution in [0.5, 0.6) is 5.75 Å². The van der Waals surface area contributed by atoms with Gasteiger partial charge in [0.1, 0.15) is 5.75 Å². The molecule has 4 aromatic carbocycles. The van der Waals surface area contributed by atoms with Crippen molar-refractivity contribution in [2.45, 2.75) is 38.9 Å². The van der Waals surface area contributed by atoms with Gasteiger partial charge in [-0.2, -0.15) is 0 Å². The lowest BCUT2D eigenvalue weighted by atomic mass is 9.93. The molecule has 4 aromatic rings. The second-order valence-electron chi connectivity index (χ2n) is 9.10. The Labute approximate surface area is 220 Å². The second-order valence-corrected chi connectivity index (χ2v) is 9.10. The maximum absolute atomic E-state index is 12.9. The predicted octanol–water partition coefficient (Wildman–Crippen LogP) is 7.62. The Hall–Kier alpha value is -3.89. The van der Waals surface area contributed by atoms with Gasteiger partial charge in [-0.3, -0.25) is 9.69 Å². The Balaban J connectivity index is 1.80. The zero-order valence-electron chi connectivity index (χ0n) is 21.8. The van der Waals surface area contributed by atoms with Gasteiger partial charge in [0.15, 0.2) is 0 Å². The zero-order valence-corrected chi connectivity index (χ0v) is 21.8. The van der Waals surface area contributed by atoms with Crippen LogP contribution in [0.1, 0.15) is 49.0 Å². The van der Waals surface area contributed by atoms with Gasteiger partial charge in [-0.05, 0) is 48.2 Å². The first-order valence-electron chi connectivity index (χ1n) is 12.8. The van der Waals surface area contributed by atoms with E-state index in [0.29, 0.717) is 13.2 Å². The van der Waals surface area contributed by atoms with Gasteiger partial charge in [0.05, 0.1) is 20.1 Å². The molecule has 0 bridgehead atoms. The molecule has 0 spiro atoms. The number of carbonyl (C=O) groups excluding carboxylic acids is 1. The van der Waals surface area contributed by atoms with Crippen molar-refractivity contribution in [2.24, 2.45) is 0 Å². The van der Waals surface area contributed by atoms with Crippen LogP contribution < -0.4 is 4.74 Å². The molecule has 190 valence electrons. The fourth-order valence-corrected chi connectivity index (χ4v) is 4.84. The number of carbonyl (C=O) groups is 1. The van der Waals surface area contributed by atoms with Gasteiger partial charge in [-0.1, -0.05) is 97.1 Å². The predicted molar refractivity (Wildman–Crippen MR) is 149 cm³/mol. The molecule has 4 heteroatoms. The van der Waals surface area contributed by atoms with Crippen LogP contribution in [0.4, 0.5) is 0 Å². The molecule has 0 amide bonds. The van der Waals surface area contributed by atoms with Crippen molar-refractivity contribution in [1.29, 1.82) is 0 Å². The first-order chi connectivity index (χ1) is 18.1. The molecule has 0 unspecified atom stereocenters. The summed E-state index contributed by atoms with van der Waals surface area (Å²) in [7, 11) is 1.69. The van der Waals surface area contributed by atoms with Gasteiger partial charge < -0.3 is 9.47 Å². The molecule has 0 saturated carbocycles. The summed E-state index contributed by atoms with van der Waals surface area (Å²) in [5.41, 5.74) is 5.53. The van der Waals surface area contributed by atoms with E-state index in [0.717, 1.165) is 22.4 Å². The van der Waals surface area contributed by atoms with E-state index in [9.17, 15) is 4.79 Å². The Morgan fingerprint density at radius 3 is 2.16 bits per heavy atom. The van der Waals surface area contributed by atoms with E-state index in [1.54, 1.807) is 7.11 Å². The number of rotatable bonds is 11. The normalized spacial score (nSPS) is 12.6. The number of hydrogen-bond acceptors (Lipinski definition) is 4. The van der Waals surface area contributed by atoms with Crippen molar-refractivity contribution in [3.8, 4) is 16.9 Å². The smallest absolute Gasteiger partial charge is 0.307 e. The third kappa shape index (κ3) is 6.66. The summed E-state index contributed by atoms with van der Waals surface area (Å²) in [5, 5.41) is 0. The number of nitrogens with zero attached hydrogens (tertiary/aromatic N) is 1. The topological polar surface area (TPSA) is 38.8 Å². The standard InChI is InChI=1S/C33H35NO3/c1-4-37-33(35)23-31(29-19-13-18-28(22-29)30-20-11-12-21-32(30)36-3)34(24-26-14-7-5-8-15-26)25(2)27-16-9-6-10-17-27/h5-22,25,31H,4,23-24H2,1-3H3/t25-,31+/m1/s1. The molecule has 0 aliphatic rings. The van der Waals surface area contributed by atoms with Crippen LogP contribution in [0.3, 0.4) is 0 Å². The van der Waals surface area contributed by atoms with E-state index in [-0.39, 0.29) is 24.5 Å². The van der Waals surface area contributed by atoms with Gasteiger partial charge in [0.25, 0.3) is 0 Å². The third-order valence-corrected chi connectivity index (χ3v) is 6.74. The lowest BCUT2D eigenvalue weighted by molar-refractivity contribution is -0.145. The minimum Gasteiger partial charge on any atom is -0.496 e. The van der Waals surface area contributed by atoms with Crippen LogP contribution in [0.25, 0.3) is 11.1 Å². The molecule has 0 fully saturated rings. The molecule has 0 aromatic heterocycles. The molecule has 2 atom stereocenters. The van der Waals surface area contributed by atoms with Crippen LogP contribution >= 0.6 is 0 Å². The molecule has 4 nitrogen and oxygen atoms in total. The van der Waals surface area contributed by atoms with Crippen LogP contribution in [0.15, 0.2) is 109 Å². The van der Waals surface area contributed by atoms with Crippen LogP contribution in [0, 0.1) is 0 Å². The van der Waals surface area contributed by atoms with Gasteiger partial charge in [0, 0.05) is 24.2 Å². The van der Waals surface area contributed by atoms with Gasteiger partial charge in [0.2, 0.25) is 0 Å². The minimum atomic E-state index is -0.200. The number of para-hydroxylation sites is 1. The molecule has 0 saturated heterocycles. The summed E-state index contributed by atoms with van der Waals surface area (Å²) in [5.74, 6) is 0.619. The average Bonchev–Trinajstić information content (AvgIpc) is 2.95. The van der Waals surface area contributed by atoms with Crippen molar-refractivity contribution in [3.05, 3.63) is 126 Å². The quantitative estimate of drug-likeness (QED) is 0.201. The Morgan fingerprint density at radius 2 is 1.46 bits per heavy atom. The molecule has 0 aliphatic carbocycles. The number of benzene rings is 4. The van der Waals surface area contributed by atoms with Gasteiger partial charge >= 0.3 is 5.97 Å². The largest absolute Gasteiger partial charge is 0.496 e. The van der Waals surface area contributed by atoms with E-state index in [2.05, 4.69) is 90.7 Å². The SMILES string of the molecule is CCOC(=O)C[C@@H](c1cccc(-c2ccccc2OC)c1)N(Cc1ccccc1)[C@H](C)c1ccccc1. The van der Waals surface area contributed by atoms with Crippen molar-refractivity contribution in [2.75, 3.05) is 13.7 Å². The van der Waals surface area contributed by atoms with Crippen molar-refractivity contribution in [1.82, 2.24) is 4.90 Å². The second kappa shape index (κ2) is 12.9. The molecule has 4 rings (SSSR count). The minimum absolute atomic E-state index is 0.0655. The van der Waals surface area contributed by atoms with Crippen molar-refractivity contribution in [3.63, 3.8) is 0 Å². The Bertz CT molecular complexity index is 1270. The molecule has 37 heavy (non-hydrogen) atoms. The molecule has 0 heterocycles. The number of esters is 1. The fourth-order valence-electron chi connectivity index (χ4n) is 4.84. The Kier molecular flexibility index (Phi) is 9.12. The summed E-state index contributed by atoms with van der Waals surface area (Å²) < 4.78 is 11.1. The molecular weight excluding hydrogens is 458 g/mol. The summed E-state index contributed by atoms with van der Waals surface area (Å²) in [6.07, 6.45) is 0.257. The molecule has 0 N–H and O–H groups in total. The van der Waals surface area contributed by atoms with Gasteiger partial charge in [-0.25, -0.2) is 0 Å². The Morgan fingerprint density at radius 1 is 0.811 bits per heavy atom. The molecule has 0 aliphatic heterocycles. The number of ether oxygens (including phenoxy) is 2. The highest BCUT2D eigenvalue weighted by molar-refractivity contribution is 5.73. The number of hydrogen-bond donors (Lipinski definition) is 0. The van der Waals surface area contributed by atoms with E-state index >= 15 is 0 Å². The third-order valence-electron chi connectivity index (χ3n) is 6.74. The van der Waals surface area contributed by atoms with Crippen molar-refractivity contribution < 1.29 is 14.3 Å². The van der Waals surface area contributed by atoms with Crippen molar-refractivity contribution >= 4 is 5.97 Å². The van der Waals surface area contributed by atoms with E-state index in [1.807, 2.05) is 37.3 Å². The van der Waals surface area contributed by atoms with E-state index in [4.69, 9.17) is 9.47 Å². The van der Waals surface area contributed by atoms with Crippen LogP contribution in [-0.2, 0) is 16.1 Å². The summed E-state index contributed by atoms with van der Waals surface area (Å²) in [4.78, 5) is 15.3. The summed E-state index contributed by atoms with van der Waals surface area (Å²) >= 11 is 0. The van der Waals surface area contributed by atoms with Gasteiger partial charge in [-0.15, -0.1) is 0 Å². The lowest BCUT2D eigenvalue weighted by Crippen LogP contribution is -2.33. The summed E-state index contributed by atoms with van der Waals surface area (Å²) in [6.45, 7) is 5.11. The first kappa shape index (κ1) is 26.2. The highest BCUT2D eigenvalue weighted by Gasteiger charge is 2.29. The summed E-state index contributed by atoms with van der Waals surface area (Å²) in [6, 6.07) is 37.2. The van der Waals surface area contributed by atoms with Crippen LogP contribution in [0.2, 0.25) is 0 Å². The van der Waals surface area contributed by atoms with Crippen LogP contribution in [-0.4, -0.2) is 24.6 Å². The average molecular weight is 494 g/mol. The zero-order chi connectivity index (χ0) is 26.0. The van der Waals surface area contributed by atoms with E-state index in [1.165, 1.54) is 11.1 Å². The maximum Gasteiger partial charge on any atom is 0.307 e.